The van der Waals surface area contributed by atoms with Gasteiger partial charge in [-0.1, -0.05) is 102 Å². The number of terminal acetylenes is 4. The van der Waals surface area contributed by atoms with Crippen molar-refractivity contribution < 1.29 is 54.0 Å². The van der Waals surface area contributed by atoms with Crippen LogP contribution in [0.4, 0.5) is 5.69 Å². The molecule has 0 saturated heterocycles. The van der Waals surface area contributed by atoms with E-state index in [1.807, 2.05) is 76.3 Å². The Bertz CT molecular complexity index is 5300. The molecule has 3 amide bonds. The number of nitro benzene ring substituents is 1. The number of hydrogen-bond acceptors (Lipinski definition) is 19. The normalized spacial score (nSPS) is 12.2. The van der Waals surface area contributed by atoms with E-state index < -0.39 is 46.7 Å². The Kier molecular flexibility index (Phi) is 35.5. The summed E-state index contributed by atoms with van der Waals surface area (Å²) in [6, 6.07) is 41.3. The first-order valence-electron chi connectivity index (χ1n) is 36.0. The number of nitrogens with zero attached hydrogens (tertiary/aromatic N) is 6. The number of thiophene rings is 3. The Balaban J connectivity index is 0.000000217. The zero-order valence-corrected chi connectivity index (χ0v) is 69.9. The number of benzene rings is 6. The second-order valence-corrected chi connectivity index (χ2v) is 35.2. The van der Waals surface area contributed by atoms with E-state index in [1.165, 1.54) is 65.9 Å². The lowest BCUT2D eigenvalue weighted by Crippen LogP contribution is -2.45. The number of carbonyl (C=O) groups is 3. The van der Waals surface area contributed by atoms with Crippen LogP contribution < -0.4 is 29.4 Å². The molecule has 5 N–H and O–H groups in total. The van der Waals surface area contributed by atoms with Gasteiger partial charge in [0.05, 0.1) is 83.4 Å². The SMILES string of the molecule is C#CCCC1(CCOc2ccc(Cl)cc2CN(CCc2ccc(S(=O)(=O)NCC#C)cc2)C(=O)Cc2ccsc2)N=N1.C#CCNS(=O)(=O)c1ccc(CCN(Cc2cc(Cl)ccc2OCCC)C(=O)[C@@H](N)Cc2cccs2)cc1.C#CCNS(=O)(=O)c1ccc(CCN(Cc2cc(Cl)ccc2[N+](=O)[O-])C(=O)Cc2ccsc2)cc1. The van der Waals surface area contributed by atoms with Gasteiger partial charge in [-0.25, -0.2) is 25.3 Å². The van der Waals surface area contributed by atoms with E-state index in [0.717, 1.165) is 50.2 Å². The average Bonchev–Trinajstić information content (AvgIpc) is 1.65. The predicted octanol–water partition coefficient (Wildman–Crippen LogP) is 13.7. The number of nitrogens with two attached hydrogens (primary N) is 1. The molecule has 0 fully saturated rings. The Hall–Kier alpha value is -9.77. The summed E-state index contributed by atoms with van der Waals surface area (Å²) in [6.07, 6.45) is 25.9. The van der Waals surface area contributed by atoms with Crippen molar-refractivity contribution in [3.05, 3.63) is 253 Å². The van der Waals surface area contributed by atoms with Crippen LogP contribution in [0.15, 0.2) is 203 Å². The molecular formula is C83H85Cl3N10O13S6. The van der Waals surface area contributed by atoms with Crippen molar-refractivity contribution in [3.8, 4) is 60.9 Å². The van der Waals surface area contributed by atoms with Gasteiger partial charge < -0.3 is 29.9 Å². The predicted molar refractivity (Wildman–Crippen MR) is 453 cm³/mol. The fourth-order valence-corrected chi connectivity index (χ4v) is 16.9. The van der Waals surface area contributed by atoms with Crippen molar-refractivity contribution in [2.75, 3.05) is 52.5 Å². The van der Waals surface area contributed by atoms with Crippen molar-refractivity contribution in [2.24, 2.45) is 16.0 Å². The molecule has 1 aliphatic heterocycles. The van der Waals surface area contributed by atoms with Crippen LogP contribution in [0.1, 0.15) is 82.0 Å². The number of nitrogens with one attached hydrogen (secondary N) is 3. The number of halogens is 3. The molecule has 3 aromatic heterocycles. The molecule has 1 atom stereocenters. The number of nitro groups is 1. The summed E-state index contributed by atoms with van der Waals surface area (Å²) in [5.41, 5.74) is 12.1. The van der Waals surface area contributed by atoms with Crippen molar-refractivity contribution in [1.82, 2.24) is 28.9 Å². The summed E-state index contributed by atoms with van der Waals surface area (Å²) in [6.45, 7) is 4.32. The lowest BCUT2D eigenvalue weighted by Gasteiger charge is -2.27. The van der Waals surface area contributed by atoms with Crippen LogP contribution in [0.3, 0.4) is 0 Å². The third kappa shape index (κ3) is 29.2. The molecule has 1 aliphatic rings. The fourth-order valence-electron chi connectivity index (χ4n) is 11.4. The smallest absolute Gasteiger partial charge is 0.274 e. The van der Waals surface area contributed by atoms with E-state index in [0.29, 0.717) is 110 Å². The second-order valence-electron chi connectivity index (χ2n) is 26.0. The minimum atomic E-state index is -3.70. The van der Waals surface area contributed by atoms with Crippen molar-refractivity contribution in [2.45, 2.75) is 117 Å². The minimum absolute atomic E-state index is 0.0162. The lowest BCUT2D eigenvalue weighted by molar-refractivity contribution is -0.385. The second kappa shape index (κ2) is 44.9. The molecule has 0 saturated carbocycles. The lowest BCUT2D eigenvalue weighted by atomic mass is 10.1. The summed E-state index contributed by atoms with van der Waals surface area (Å²) in [4.78, 5) is 57.5. The Morgan fingerprint density at radius 2 is 0.965 bits per heavy atom. The number of sulfonamides is 3. The van der Waals surface area contributed by atoms with Crippen molar-refractivity contribution in [3.63, 3.8) is 0 Å². The quantitative estimate of drug-likeness (QED) is 0.0157. The molecule has 115 heavy (non-hydrogen) atoms. The number of rotatable bonds is 41. The minimum Gasteiger partial charge on any atom is -0.493 e. The highest BCUT2D eigenvalue weighted by molar-refractivity contribution is 7.90. The Labute approximate surface area is 699 Å². The molecule has 0 unspecified atom stereocenters. The van der Waals surface area contributed by atoms with E-state index >= 15 is 0 Å². The molecule has 602 valence electrons. The van der Waals surface area contributed by atoms with Crippen molar-refractivity contribution >= 4 is 122 Å². The van der Waals surface area contributed by atoms with Crippen LogP contribution in [0.5, 0.6) is 11.5 Å². The van der Waals surface area contributed by atoms with Crippen LogP contribution in [0.2, 0.25) is 15.1 Å². The molecule has 9 aromatic rings. The van der Waals surface area contributed by atoms with Crippen molar-refractivity contribution in [1.29, 1.82) is 0 Å². The molecule has 10 rings (SSSR count). The summed E-state index contributed by atoms with van der Waals surface area (Å²) in [5.74, 6) is 10.3. The summed E-state index contributed by atoms with van der Waals surface area (Å²) in [7, 11) is -11.1. The zero-order chi connectivity index (χ0) is 83.0. The molecule has 32 heteroatoms. The first-order valence-corrected chi connectivity index (χ1v) is 44.3. The van der Waals surface area contributed by atoms with Gasteiger partial charge in [-0.3, -0.25) is 24.5 Å². The monoisotopic (exact) mass is 1730 g/mol. The van der Waals surface area contributed by atoms with Gasteiger partial charge in [-0.15, -0.1) is 43.0 Å². The first kappa shape index (κ1) is 90.8. The van der Waals surface area contributed by atoms with Crippen LogP contribution >= 0.6 is 68.8 Å². The van der Waals surface area contributed by atoms with Gasteiger partial charge in [0.15, 0.2) is 5.66 Å². The van der Waals surface area contributed by atoms with Gasteiger partial charge >= 0.3 is 0 Å². The van der Waals surface area contributed by atoms with E-state index in [4.69, 9.17) is 75.7 Å². The molecule has 4 heterocycles. The highest BCUT2D eigenvalue weighted by Crippen LogP contribution is 2.37. The van der Waals surface area contributed by atoms with E-state index in [1.54, 1.807) is 92.0 Å². The zero-order valence-electron chi connectivity index (χ0n) is 62.7. The third-order valence-electron chi connectivity index (χ3n) is 17.7. The van der Waals surface area contributed by atoms with Gasteiger partial charge in [-0.2, -0.15) is 47.1 Å². The maximum absolute atomic E-state index is 13.5. The molecule has 0 aliphatic carbocycles. The van der Waals surface area contributed by atoms with E-state index in [-0.39, 0.29) is 90.2 Å². The van der Waals surface area contributed by atoms with Crippen LogP contribution in [0, 0.1) is 59.5 Å². The average molecular weight is 1730 g/mol. The topological polar surface area (TPSA) is 312 Å². The van der Waals surface area contributed by atoms with Crippen LogP contribution in [-0.2, 0) is 103 Å². The van der Waals surface area contributed by atoms with Gasteiger partial charge in [0.1, 0.15) is 11.5 Å². The molecule has 0 bridgehead atoms. The van der Waals surface area contributed by atoms with Gasteiger partial charge in [0.2, 0.25) is 47.8 Å². The Morgan fingerprint density at radius 1 is 0.548 bits per heavy atom. The molecule has 23 nitrogen and oxygen atoms in total. The standard InChI is InChI=1S/C31H31ClN4O4S2.C28H32ClN3O4S2.C24H22ClN3O5S2/c1-3-5-14-31(34-35-31)15-18-40-29-11-8-27(32)21-26(29)22-36(30(37)20-25-13-19-41-23-25)17-12-24-6-9-28(10-7-24)42(38,39)33-16-4-2;1-3-14-31-38(34,35)25-10-7-21(8-11-25)13-15-32(28(33)26(30)19-24-6-5-17-37-24)20-22-18-23(29)9-12-27(22)36-16-4-2;1-2-11-26-35(32,33)22-6-3-18(4-7-22)9-12-27(24(29)14-19-10-13-34-17-19)16-20-15-21(25)5-8-23(20)28(30)31/h1-2,6-11,13,19,21,23,33H,5,12,14-18,20,22H2;1,5-12,17-18,26,31H,4,13-16,19-20,30H2,2H3;1,3-8,10,13,15,17,26H,9,11-12,14,16H2/t;26-;/m.0./s1. The van der Waals surface area contributed by atoms with Crippen LogP contribution in [-0.4, -0.2) is 127 Å². The van der Waals surface area contributed by atoms with Gasteiger partial charge in [-0.05, 0) is 184 Å². The highest BCUT2D eigenvalue weighted by Gasteiger charge is 2.39. The van der Waals surface area contributed by atoms with E-state index in [2.05, 4.69) is 48.1 Å². The number of hydrogen-bond donors (Lipinski definition) is 4. The fraction of sp³-hybridized carbons (Fsp3) is 0.289. The molecular weight excluding hydrogens is 1640 g/mol. The van der Waals surface area contributed by atoms with Crippen LogP contribution in [0.25, 0.3) is 0 Å². The Morgan fingerprint density at radius 3 is 1.36 bits per heavy atom. The van der Waals surface area contributed by atoms with E-state index in [9.17, 15) is 49.8 Å². The highest BCUT2D eigenvalue weighted by atomic mass is 35.5. The summed E-state index contributed by atoms with van der Waals surface area (Å²) in [5, 5.41) is 30.9. The molecule has 0 radical (unpaired) electrons. The summed E-state index contributed by atoms with van der Waals surface area (Å²) < 4.78 is 92.7. The van der Waals surface area contributed by atoms with Gasteiger partial charge in [0.25, 0.3) is 5.69 Å². The molecule has 0 spiro atoms. The molecule has 6 aromatic carbocycles. The number of amides is 3. The first-order chi connectivity index (χ1) is 55.2. The number of carbonyl (C=O) groups excluding carboxylic acids is 3. The summed E-state index contributed by atoms with van der Waals surface area (Å²) >= 11 is 23.3. The maximum Gasteiger partial charge on any atom is 0.274 e. The maximum atomic E-state index is 13.5. The largest absolute Gasteiger partial charge is 0.493 e. The number of ether oxygens (including phenoxy) is 2. The third-order valence-corrected chi connectivity index (χ3v) is 25.0. The van der Waals surface area contributed by atoms with Gasteiger partial charge in [0, 0.05) is 95.5 Å².